The minimum Gasteiger partial charge on any atom is -0.493 e. The Morgan fingerprint density at radius 1 is 0.762 bits per heavy atom. The van der Waals surface area contributed by atoms with Crippen LogP contribution in [0.5, 0.6) is 23.0 Å². The summed E-state index contributed by atoms with van der Waals surface area (Å²) in [7, 11) is 2.90. The zero-order valence-corrected chi connectivity index (χ0v) is 24.9. The predicted octanol–water partition coefficient (Wildman–Crippen LogP) is 6.72. The topological polar surface area (TPSA) is 125 Å². The Morgan fingerprint density at radius 2 is 1.38 bits per heavy atom. The summed E-state index contributed by atoms with van der Waals surface area (Å²) in [5, 5.41) is 9.85. The van der Waals surface area contributed by atoms with E-state index in [0.717, 1.165) is 21.4 Å². The molecule has 0 spiro atoms. The molecule has 222 valence electrons. The average molecular weight is 617 g/mol. The van der Waals surface area contributed by atoms with Gasteiger partial charge in [-0.2, -0.15) is 0 Å². The number of fused-ring (bicyclic) bond motifs is 2. The maximum atomic E-state index is 15.4. The molecule has 9 nitrogen and oxygen atoms in total. The maximum Gasteiger partial charge on any atom is 0.303 e. The molecule has 4 aromatic rings. The first-order valence-corrected chi connectivity index (χ1v) is 14.7. The number of carbonyl (C=O) groups is 4. The van der Waals surface area contributed by atoms with Gasteiger partial charge in [-0.05, 0) is 30.5 Å². The van der Waals surface area contributed by atoms with Gasteiger partial charge in [-0.1, -0.05) is 0 Å². The summed E-state index contributed by atoms with van der Waals surface area (Å²) in [5.74, 6) is -1.18. The molecule has 0 fully saturated rings. The quantitative estimate of drug-likeness (QED) is 0.108. The normalized spacial score (nSPS) is 11.0. The first-order valence-electron chi connectivity index (χ1n) is 13.1. The van der Waals surface area contributed by atoms with Crippen molar-refractivity contribution in [3.8, 4) is 23.0 Å². The van der Waals surface area contributed by atoms with Crippen LogP contribution in [0.3, 0.4) is 0 Å². The van der Waals surface area contributed by atoms with Crippen molar-refractivity contribution in [3.63, 3.8) is 0 Å². The Kier molecular flexibility index (Phi) is 10.1. The molecule has 0 bridgehead atoms. The monoisotopic (exact) mass is 616 g/mol. The van der Waals surface area contributed by atoms with E-state index in [-0.39, 0.29) is 78.0 Å². The van der Waals surface area contributed by atoms with Crippen LogP contribution in [0.4, 0.5) is 4.39 Å². The highest BCUT2D eigenvalue weighted by molar-refractivity contribution is 7.21. The van der Waals surface area contributed by atoms with Crippen LogP contribution in [0.25, 0.3) is 20.2 Å². The number of aliphatic carboxylic acids is 1. The lowest BCUT2D eigenvalue weighted by Crippen LogP contribution is -2.07. The molecule has 1 N–H and O–H groups in total. The van der Waals surface area contributed by atoms with E-state index in [1.165, 1.54) is 38.5 Å². The fourth-order valence-corrected chi connectivity index (χ4v) is 6.25. The van der Waals surface area contributed by atoms with Crippen LogP contribution in [-0.2, 0) is 9.59 Å². The molecular weight excluding hydrogens is 587 g/mol. The van der Waals surface area contributed by atoms with Crippen molar-refractivity contribution < 1.29 is 47.6 Å². The maximum absolute atomic E-state index is 15.4. The summed E-state index contributed by atoms with van der Waals surface area (Å²) in [6.07, 6.45) is 0.294. The second kappa shape index (κ2) is 13.8. The lowest BCUT2D eigenvalue weighted by Gasteiger charge is -2.13. The van der Waals surface area contributed by atoms with Gasteiger partial charge in [-0.3, -0.25) is 14.4 Å². The molecule has 0 aliphatic rings. The van der Waals surface area contributed by atoms with Crippen molar-refractivity contribution in [3.05, 3.63) is 45.9 Å². The fraction of sp³-hybridized carbons (Fsp3) is 0.333. The molecule has 0 radical (unpaired) electrons. The van der Waals surface area contributed by atoms with Crippen molar-refractivity contribution in [2.24, 2.45) is 0 Å². The molecule has 0 saturated carbocycles. The number of rotatable bonds is 16. The van der Waals surface area contributed by atoms with Gasteiger partial charge in [0.15, 0.2) is 40.4 Å². The molecule has 42 heavy (non-hydrogen) atoms. The van der Waals surface area contributed by atoms with Crippen molar-refractivity contribution in [2.45, 2.75) is 39.0 Å². The number of ether oxygens (including phenoxy) is 4. The second-order valence-electron chi connectivity index (χ2n) is 9.39. The highest BCUT2D eigenvalue weighted by Gasteiger charge is 2.21. The fourth-order valence-electron chi connectivity index (χ4n) is 4.15. The summed E-state index contributed by atoms with van der Waals surface area (Å²) < 4.78 is 39.1. The lowest BCUT2D eigenvalue weighted by molar-refractivity contribution is -0.137. The third kappa shape index (κ3) is 7.24. The van der Waals surface area contributed by atoms with Gasteiger partial charge in [0.1, 0.15) is 5.78 Å². The third-order valence-electron chi connectivity index (χ3n) is 6.32. The zero-order chi connectivity index (χ0) is 30.4. The van der Waals surface area contributed by atoms with Gasteiger partial charge in [-0.15, -0.1) is 22.7 Å². The highest BCUT2D eigenvalue weighted by Crippen LogP contribution is 2.41. The van der Waals surface area contributed by atoms with Crippen molar-refractivity contribution in [1.82, 2.24) is 0 Å². The van der Waals surface area contributed by atoms with E-state index in [2.05, 4.69) is 0 Å². The van der Waals surface area contributed by atoms with E-state index in [9.17, 15) is 19.2 Å². The second-order valence-corrected chi connectivity index (χ2v) is 11.6. The van der Waals surface area contributed by atoms with Gasteiger partial charge in [0.25, 0.3) is 0 Å². The number of halogens is 1. The molecule has 0 aliphatic carbocycles. The molecular formula is C30H29FO9S2. The van der Waals surface area contributed by atoms with Crippen molar-refractivity contribution >= 4 is 66.2 Å². The number of carboxylic acids is 1. The van der Waals surface area contributed by atoms with E-state index >= 15 is 4.39 Å². The van der Waals surface area contributed by atoms with Gasteiger partial charge in [-0.25, -0.2) is 4.39 Å². The summed E-state index contributed by atoms with van der Waals surface area (Å²) in [4.78, 5) is 47.6. The van der Waals surface area contributed by atoms with E-state index < -0.39 is 11.8 Å². The van der Waals surface area contributed by atoms with Crippen LogP contribution in [0, 0.1) is 5.82 Å². The standard InChI is InChI=1S/C30H29FO9S2/c1-16(32)5-6-19(33)26-12-17-11-21(37-2)22(14-24(17)41-26)39-9-4-10-40-30-23(38-3)15-25-18(29(30)31)13-27(42-25)20(34)7-8-28(35)36/h11-15H,4-10H2,1-3H3,(H,35,36). The average Bonchev–Trinajstić information content (AvgIpc) is 3.59. The van der Waals surface area contributed by atoms with Crippen LogP contribution in [0.15, 0.2) is 30.3 Å². The Morgan fingerprint density at radius 3 is 2.05 bits per heavy atom. The number of thiophene rings is 2. The van der Waals surface area contributed by atoms with E-state index in [1.54, 1.807) is 24.3 Å². The number of hydrogen-bond donors (Lipinski definition) is 1. The minimum atomic E-state index is -1.08. The third-order valence-corrected chi connectivity index (χ3v) is 8.58. The number of methoxy groups -OCH3 is 2. The van der Waals surface area contributed by atoms with Gasteiger partial charge < -0.3 is 28.8 Å². The lowest BCUT2D eigenvalue weighted by atomic mass is 10.1. The molecule has 12 heteroatoms. The van der Waals surface area contributed by atoms with Crippen molar-refractivity contribution in [1.29, 1.82) is 0 Å². The molecule has 2 aromatic carbocycles. The SMILES string of the molecule is COc1cc2cc(C(=O)CCC(C)=O)sc2cc1OCCCOc1c(OC)cc2sc(C(=O)CCC(=O)O)cc2c1F. The smallest absolute Gasteiger partial charge is 0.303 e. The van der Waals surface area contributed by atoms with Crippen LogP contribution in [0.2, 0.25) is 0 Å². The summed E-state index contributed by atoms with van der Waals surface area (Å²) in [6.45, 7) is 1.79. The van der Waals surface area contributed by atoms with Gasteiger partial charge >= 0.3 is 5.97 Å². The number of hydrogen-bond acceptors (Lipinski definition) is 10. The first-order chi connectivity index (χ1) is 20.1. The molecule has 4 rings (SSSR count). The van der Waals surface area contributed by atoms with Gasteiger partial charge in [0, 0.05) is 52.6 Å². The molecule has 2 heterocycles. The molecule has 0 amide bonds. The zero-order valence-electron chi connectivity index (χ0n) is 23.2. The van der Waals surface area contributed by atoms with Crippen LogP contribution in [0.1, 0.15) is 58.4 Å². The van der Waals surface area contributed by atoms with Crippen LogP contribution in [-0.4, -0.2) is 55.9 Å². The molecule has 0 aliphatic heterocycles. The Balaban J connectivity index is 1.40. The molecule has 0 atom stereocenters. The Hall–Kier alpha value is -4.03. The first kappa shape index (κ1) is 30.9. The number of Topliss-reactive ketones (excluding diaryl/α,β-unsaturated/α-hetero) is 3. The number of carboxylic acid groups (broad SMARTS) is 1. The summed E-state index contributed by atoms with van der Waals surface area (Å²) in [5.41, 5.74) is 0. The van der Waals surface area contributed by atoms with Gasteiger partial charge in [0.2, 0.25) is 0 Å². The Labute approximate surface area is 248 Å². The number of carbonyl (C=O) groups excluding carboxylic acids is 3. The van der Waals surface area contributed by atoms with E-state index in [0.29, 0.717) is 27.5 Å². The number of ketones is 3. The molecule has 0 saturated heterocycles. The van der Waals surface area contributed by atoms with Crippen LogP contribution >= 0.6 is 22.7 Å². The highest BCUT2D eigenvalue weighted by atomic mass is 32.1. The van der Waals surface area contributed by atoms with E-state index in [1.807, 2.05) is 0 Å². The minimum absolute atomic E-state index is 0.0328. The van der Waals surface area contributed by atoms with Crippen LogP contribution < -0.4 is 18.9 Å². The van der Waals surface area contributed by atoms with Crippen molar-refractivity contribution in [2.75, 3.05) is 27.4 Å². The summed E-state index contributed by atoms with van der Waals surface area (Å²) >= 11 is 2.39. The predicted molar refractivity (Wildman–Crippen MR) is 158 cm³/mol. The molecule has 2 aromatic heterocycles. The van der Waals surface area contributed by atoms with Gasteiger partial charge in [0.05, 0.1) is 43.6 Å². The largest absolute Gasteiger partial charge is 0.493 e. The Bertz CT molecular complexity index is 1650. The number of benzene rings is 2. The molecule has 0 unspecified atom stereocenters. The summed E-state index contributed by atoms with van der Waals surface area (Å²) in [6, 6.07) is 8.36. The van der Waals surface area contributed by atoms with E-state index in [4.69, 9.17) is 24.1 Å².